The van der Waals surface area contributed by atoms with Gasteiger partial charge in [-0.2, -0.15) is 0 Å². The Morgan fingerprint density at radius 2 is 1.89 bits per heavy atom. The molecule has 4 heteroatoms. The van der Waals surface area contributed by atoms with Gasteiger partial charge in [0.15, 0.2) is 0 Å². The van der Waals surface area contributed by atoms with Gasteiger partial charge >= 0.3 is 0 Å². The van der Waals surface area contributed by atoms with E-state index in [0.29, 0.717) is 5.75 Å². The quantitative estimate of drug-likeness (QED) is 0.838. The summed E-state index contributed by atoms with van der Waals surface area (Å²) in [7, 11) is 4.20. The normalized spacial score (nSPS) is 11.4. The Balaban J connectivity index is 2.61. The lowest BCUT2D eigenvalue weighted by molar-refractivity contribution is 0.234. The van der Waals surface area contributed by atoms with Crippen LogP contribution in [-0.2, 0) is 6.54 Å². The number of benzene rings is 1. The van der Waals surface area contributed by atoms with Crippen LogP contribution in [-0.4, -0.2) is 48.6 Å². The van der Waals surface area contributed by atoms with Crippen molar-refractivity contribution >= 4 is 15.9 Å². The third kappa shape index (κ3) is 5.38. The van der Waals surface area contributed by atoms with Gasteiger partial charge in [0.1, 0.15) is 5.75 Å². The van der Waals surface area contributed by atoms with Crippen LogP contribution in [0.5, 0.6) is 5.75 Å². The molecular weight excluding hydrogens is 292 g/mol. The highest BCUT2D eigenvalue weighted by atomic mass is 79.9. The number of hydrogen-bond acceptors (Lipinski definition) is 3. The maximum absolute atomic E-state index is 9.49. The Labute approximate surface area is 119 Å². The fourth-order valence-corrected chi connectivity index (χ4v) is 2.26. The maximum atomic E-state index is 9.49. The molecule has 0 radical (unpaired) electrons. The number of halogens is 1. The zero-order valence-electron chi connectivity index (χ0n) is 11.5. The molecule has 0 saturated heterocycles. The van der Waals surface area contributed by atoms with Crippen molar-refractivity contribution in [2.75, 3.05) is 33.7 Å². The van der Waals surface area contributed by atoms with Gasteiger partial charge in [0.25, 0.3) is 0 Å². The van der Waals surface area contributed by atoms with E-state index in [9.17, 15) is 5.11 Å². The van der Waals surface area contributed by atoms with Gasteiger partial charge in [-0.15, -0.1) is 0 Å². The molecule has 0 aliphatic carbocycles. The fraction of sp³-hybridized carbons (Fsp3) is 0.571. The lowest BCUT2D eigenvalue weighted by Crippen LogP contribution is -2.32. The van der Waals surface area contributed by atoms with Crippen LogP contribution >= 0.6 is 15.9 Å². The zero-order chi connectivity index (χ0) is 13.5. The molecular formula is C14H23BrN2O. The molecule has 0 bridgehead atoms. The molecule has 0 aromatic heterocycles. The van der Waals surface area contributed by atoms with E-state index in [0.717, 1.165) is 37.1 Å². The molecule has 1 rings (SSSR count). The SMILES string of the molecule is CCCN(CCN(C)C)Cc1ccc(O)c(Br)c1. The molecule has 0 amide bonds. The molecule has 0 aliphatic rings. The number of aromatic hydroxyl groups is 1. The first-order valence-electron chi connectivity index (χ1n) is 6.37. The highest BCUT2D eigenvalue weighted by Gasteiger charge is 2.07. The second-order valence-corrected chi connectivity index (χ2v) is 5.72. The van der Waals surface area contributed by atoms with Crippen LogP contribution in [0.4, 0.5) is 0 Å². The molecule has 1 aromatic carbocycles. The number of rotatable bonds is 7. The van der Waals surface area contributed by atoms with E-state index in [4.69, 9.17) is 0 Å². The van der Waals surface area contributed by atoms with Crippen molar-refractivity contribution in [3.8, 4) is 5.75 Å². The Morgan fingerprint density at radius 1 is 1.17 bits per heavy atom. The largest absolute Gasteiger partial charge is 0.507 e. The van der Waals surface area contributed by atoms with Crippen molar-refractivity contribution < 1.29 is 5.11 Å². The first kappa shape index (κ1) is 15.5. The molecule has 0 atom stereocenters. The van der Waals surface area contributed by atoms with E-state index in [1.807, 2.05) is 12.1 Å². The average Bonchev–Trinajstić information content (AvgIpc) is 2.31. The standard InChI is InChI=1S/C14H23BrN2O/c1-4-7-17(9-8-16(2)3)11-12-5-6-14(18)13(15)10-12/h5-6,10,18H,4,7-9,11H2,1-3H3. The van der Waals surface area contributed by atoms with E-state index in [1.54, 1.807) is 6.07 Å². The van der Waals surface area contributed by atoms with Crippen LogP contribution in [0.1, 0.15) is 18.9 Å². The van der Waals surface area contributed by atoms with Crippen molar-refractivity contribution in [1.82, 2.24) is 9.80 Å². The summed E-state index contributed by atoms with van der Waals surface area (Å²) in [6.45, 7) is 6.38. The lowest BCUT2D eigenvalue weighted by atomic mass is 10.2. The van der Waals surface area contributed by atoms with Crippen LogP contribution in [0, 0.1) is 0 Å². The first-order chi connectivity index (χ1) is 8.52. The Bertz CT molecular complexity index is 369. The molecule has 0 aliphatic heterocycles. The van der Waals surface area contributed by atoms with Gasteiger partial charge in [-0.3, -0.25) is 4.90 Å². The molecule has 0 unspecified atom stereocenters. The Hall–Kier alpha value is -0.580. The highest BCUT2D eigenvalue weighted by Crippen LogP contribution is 2.24. The molecule has 3 nitrogen and oxygen atoms in total. The zero-order valence-corrected chi connectivity index (χ0v) is 13.1. The summed E-state index contributed by atoms with van der Waals surface area (Å²) in [5.41, 5.74) is 1.23. The van der Waals surface area contributed by atoms with Gasteiger partial charge in [0.05, 0.1) is 4.47 Å². The van der Waals surface area contributed by atoms with Crippen LogP contribution in [0.15, 0.2) is 22.7 Å². The number of likely N-dealkylation sites (N-methyl/N-ethyl adjacent to an activating group) is 1. The topological polar surface area (TPSA) is 26.7 Å². The number of hydrogen-bond donors (Lipinski definition) is 1. The molecule has 102 valence electrons. The summed E-state index contributed by atoms with van der Waals surface area (Å²) in [6.07, 6.45) is 1.16. The summed E-state index contributed by atoms with van der Waals surface area (Å²) < 4.78 is 0.768. The monoisotopic (exact) mass is 314 g/mol. The summed E-state index contributed by atoms with van der Waals surface area (Å²) in [5, 5.41) is 9.49. The minimum atomic E-state index is 0.300. The minimum Gasteiger partial charge on any atom is -0.507 e. The summed E-state index contributed by atoms with van der Waals surface area (Å²) in [4.78, 5) is 4.65. The Morgan fingerprint density at radius 3 is 2.44 bits per heavy atom. The second kappa shape index (κ2) is 7.77. The van der Waals surface area contributed by atoms with Gasteiger partial charge in [-0.25, -0.2) is 0 Å². The maximum Gasteiger partial charge on any atom is 0.129 e. The van der Waals surface area contributed by atoms with Crippen molar-refractivity contribution in [3.05, 3.63) is 28.2 Å². The summed E-state index contributed by atoms with van der Waals surface area (Å²) in [6, 6.07) is 5.72. The van der Waals surface area contributed by atoms with Crippen LogP contribution in [0.2, 0.25) is 0 Å². The fourth-order valence-electron chi connectivity index (χ4n) is 1.83. The van der Waals surface area contributed by atoms with Crippen molar-refractivity contribution in [2.24, 2.45) is 0 Å². The van der Waals surface area contributed by atoms with Gasteiger partial charge in [0.2, 0.25) is 0 Å². The van der Waals surface area contributed by atoms with Crippen molar-refractivity contribution in [3.63, 3.8) is 0 Å². The number of phenols is 1. The lowest BCUT2D eigenvalue weighted by Gasteiger charge is -2.23. The van der Waals surface area contributed by atoms with E-state index >= 15 is 0 Å². The van der Waals surface area contributed by atoms with Gasteiger partial charge in [-0.1, -0.05) is 13.0 Å². The molecule has 18 heavy (non-hydrogen) atoms. The summed E-state index contributed by atoms with van der Waals surface area (Å²) >= 11 is 3.36. The molecule has 1 aromatic rings. The van der Waals surface area contributed by atoms with E-state index in [1.165, 1.54) is 5.56 Å². The molecule has 0 heterocycles. The molecule has 1 N–H and O–H groups in total. The van der Waals surface area contributed by atoms with Gasteiger partial charge in [0, 0.05) is 19.6 Å². The predicted octanol–water partition coefficient (Wildman–Crippen LogP) is 2.93. The van der Waals surface area contributed by atoms with Crippen LogP contribution in [0.3, 0.4) is 0 Å². The van der Waals surface area contributed by atoms with E-state index in [2.05, 4.69) is 46.7 Å². The van der Waals surface area contributed by atoms with Crippen LogP contribution < -0.4 is 0 Å². The molecule has 0 spiro atoms. The third-order valence-corrected chi connectivity index (χ3v) is 3.46. The molecule has 0 fully saturated rings. The van der Waals surface area contributed by atoms with Gasteiger partial charge in [-0.05, 0) is 60.7 Å². The second-order valence-electron chi connectivity index (χ2n) is 4.87. The van der Waals surface area contributed by atoms with E-state index < -0.39 is 0 Å². The van der Waals surface area contributed by atoms with Crippen LogP contribution in [0.25, 0.3) is 0 Å². The number of phenolic OH excluding ortho intramolecular Hbond substituents is 1. The van der Waals surface area contributed by atoms with Crippen molar-refractivity contribution in [2.45, 2.75) is 19.9 Å². The first-order valence-corrected chi connectivity index (χ1v) is 7.16. The summed E-state index contributed by atoms with van der Waals surface area (Å²) in [5.74, 6) is 0.300. The third-order valence-electron chi connectivity index (χ3n) is 2.82. The number of nitrogens with zero attached hydrogens (tertiary/aromatic N) is 2. The molecule has 0 saturated carbocycles. The average molecular weight is 315 g/mol. The van der Waals surface area contributed by atoms with Crippen molar-refractivity contribution in [1.29, 1.82) is 0 Å². The smallest absolute Gasteiger partial charge is 0.129 e. The highest BCUT2D eigenvalue weighted by molar-refractivity contribution is 9.10. The van der Waals surface area contributed by atoms with E-state index in [-0.39, 0.29) is 0 Å². The predicted molar refractivity (Wildman–Crippen MR) is 79.9 cm³/mol. The van der Waals surface area contributed by atoms with Gasteiger partial charge < -0.3 is 10.0 Å². The minimum absolute atomic E-state index is 0.300. The Kier molecular flexibility index (Phi) is 6.68.